The van der Waals surface area contributed by atoms with Crippen molar-refractivity contribution in [1.82, 2.24) is 4.90 Å². The fourth-order valence-electron chi connectivity index (χ4n) is 1.27. The molecule has 1 unspecified atom stereocenters. The van der Waals surface area contributed by atoms with E-state index in [1.165, 1.54) is 0 Å². The van der Waals surface area contributed by atoms with Gasteiger partial charge in [0.25, 0.3) is 0 Å². The lowest BCUT2D eigenvalue weighted by Crippen LogP contribution is -2.33. The van der Waals surface area contributed by atoms with E-state index in [1.54, 1.807) is 24.2 Å². The maximum Gasteiger partial charge on any atom is 0.240 e. The number of rotatable bonds is 4. The van der Waals surface area contributed by atoms with Crippen LogP contribution in [0.1, 0.15) is 19.6 Å². The molecule has 1 aromatic rings. The summed E-state index contributed by atoms with van der Waals surface area (Å²) in [4.78, 5) is 13.3. The van der Waals surface area contributed by atoms with Crippen LogP contribution < -0.4 is 0 Å². The lowest BCUT2D eigenvalue weighted by atomic mass is 10.2. The molecule has 4 nitrogen and oxygen atoms in total. The number of carbonyl (C=O) groups excluding carboxylic acids is 1. The zero-order chi connectivity index (χ0) is 11.3. The second-order valence-corrected chi connectivity index (χ2v) is 3.28. The smallest absolute Gasteiger partial charge is 0.240 e. The van der Waals surface area contributed by atoms with Gasteiger partial charge in [-0.3, -0.25) is 4.79 Å². The third-order valence-electron chi connectivity index (χ3n) is 2.18. The maximum absolute atomic E-state index is 11.7. The number of carbonyl (C=O) groups is 1. The lowest BCUT2D eigenvalue weighted by Gasteiger charge is -2.20. The van der Waals surface area contributed by atoms with Gasteiger partial charge < -0.3 is 9.32 Å². The number of nitriles is 1. The normalized spacial score (nSPS) is 11.8. The van der Waals surface area contributed by atoms with Gasteiger partial charge in [0.2, 0.25) is 5.91 Å². The van der Waals surface area contributed by atoms with Crippen molar-refractivity contribution in [1.29, 1.82) is 5.26 Å². The van der Waals surface area contributed by atoms with E-state index in [-0.39, 0.29) is 5.91 Å². The number of nitrogens with zero attached hydrogens (tertiary/aromatic N) is 2. The first-order chi connectivity index (χ1) is 7.19. The quantitative estimate of drug-likeness (QED) is 0.754. The Balaban J connectivity index is 2.65. The number of amides is 1. The van der Waals surface area contributed by atoms with Crippen LogP contribution in [-0.2, 0) is 11.3 Å². The Morgan fingerprint density at radius 2 is 2.47 bits per heavy atom. The fourth-order valence-corrected chi connectivity index (χ4v) is 1.27. The van der Waals surface area contributed by atoms with Crippen molar-refractivity contribution in [3.8, 4) is 6.07 Å². The van der Waals surface area contributed by atoms with Gasteiger partial charge in [-0.2, -0.15) is 5.26 Å². The van der Waals surface area contributed by atoms with E-state index in [9.17, 15) is 4.79 Å². The van der Waals surface area contributed by atoms with Gasteiger partial charge in [-0.1, -0.05) is 0 Å². The van der Waals surface area contributed by atoms with Gasteiger partial charge in [0.1, 0.15) is 11.7 Å². The first-order valence-corrected chi connectivity index (χ1v) is 4.89. The van der Waals surface area contributed by atoms with E-state index >= 15 is 0 Å². The lowest BCUT2D eigenvalue weighted by molar-refractivity contribution is -0.133. The highest BCUT2D eigenvalue weighted by Crippen LogP contribution is 2.08. The Bertz CT molecular complexity index is 351. The van der Waals surface area contributed by atoms with E-state index in [0.29, 0.717) is 13.1 Å². The van der Waals surface area contributed by atoms with Gasteiger partial charge in [-0.25, -0.2) is 0 Å². The largest absolute Gasteiger partial charge is 0.467 e. The summed E-state index contributed by atoms with van der Waals surface area (Å²) in [6.45, 7) is 4.48. The van der Waals surface area contributed by atoms with E-state index in [1.807, 2.05) is 19.1 Å². The summed E-state index contributed by atoms with van der Waals surface area (Å²) < 4.78 is 5.15. The van der Waals surface area contributed by atoms with Gasteiger partial charge in [-0.15, -0.1) is 0 Å². The molecule has 0 saturated heterocycles. The molecule has 0 radical (unpaired) electrons. The Morgan fingerprint density at radius 1 is 1.73 bits per heavy atom. The molecule has 1 atom stereocenters. The zero-order valence-electron chi connectivity index (χ0n) is 8.93. The average Bonchev–Trinajstić information content (AvgIpc) is 2.76. The topological polar surface area (TPSA) is 57.2 Å². The van der Waals surface area contributed by atoms with Crippen molar-refractivity contribution in [2.45, 2.75) is 20.4 Å². The molecular weight excluding hydrogens is 192 g/mol. The molecule has 0 spiro atoms. The minimum atomic E-state index is -0.597. The first-order valence-electron chi connectivity index (χ1n) is 4.89. The summed E-state index contributed by atoms with van der Waals surface area (Å²) in [6, 6.07) is 5.53. The van der Waals surface area contributed by atoms with Crippen LogP contribution >= 0.6 is 0 Å². The van der Waals surface area contributed by atoms with E-state index in [4.69, 9.17) is 9.68 Å². The molecule has 0 bridgehead atoms. The van der Waals surface area contributed by atoms with Crippen LogP contribution in [0.2, 0.25) is 0 Å². The molecule has 0 saturated carbocycles. The van der Waals surface area contributed by atoms with Gasteiger partial charge in [0.15, 0.2) is 0 Å². The van der Waals surface area contributed by atoms with Crippen LogP contribution in [0.5, 0.6) is 0 Å². The Hall–Kier alpha value is -1.76. The molecule has 15 heavy (non-hydrogen) atoms. The minimum Gasteiger partial charge on any atom is -0.467 e. The summed E-state index contributed by atoms with van der Waals surface area (Å²) >= 11 is 0. The molecule has 0 aliphatic carbocycles. The van der Waals surface area contributed by atoms with Crippen molar-refractivity contribution in [3.05, 3.63) is 24.2 Å². The van der Waals surface area contributed by atoms with Gasteiger partial charge in [0.05, 0.1) is 18.9 Å². The average molecular weight is 206 g/mol. The van der Waals surface area contributed by atoms with E-state index in [0.717, 1.165) is 5.76 Å². The second kappa shape index (κ2) is 5.20. The maximum atomic E-state index is 11.7. The summed E-state index contributed by atoms with van der Waals surface area (Å²) in [5.41, 5.74) is 0. The Kier molecular flexibility index (Phi) is 3.92. The summed E-state index contributed by atoms with van der Waals surface area (Å²) in [5.74, 6) is -0.0216. The summed E-state index contributed by atoms with van der Waals surface area (Å²) in [6.07, 6.45) is 1.57. The molecule has 1 aromatic heterocycles. The molecule has 4 heteroatoms. The van der Waals surface area contributed by atoms with E-state index < -0.39 is 5.92 Å². The van der Waals surface area contributed by atoms with Crippen LogP contribution in [0.25, 0.3) is 0 Å². The highest BCUT2D eigenvalue weighted by molar-refractivity contribution is 5.80. The van der Waals surface area contributed by atoms with Crippen LogP contribution in [0.3, 0.4) is 0 Å². The van der Waals surface area contributed by atoms with Crippen molar-refractivity contribution in [2.75, 3.05) is 6.54 Å². The standard InChI is InChI=1S/C11H14N2O2/c1-3-13(11(14)9(2)7-12)8-10-5-4-6-15-10/h4-6,9H,3,8H2,1-2H3. The van der Waals surface area contributed by atoms with Crippen molar-refractivity contribution >= 4 is 5.91 Å². The van der Waals surface area contributed by atoms with Crippen LogP contribution in [0, 0.1) is 17.2 Å². The van der Waals surface area contributed by atoms with Gasteiger partial charge in [0, 0.05) is 6.54 Å². The van der Waals surface area contributed by atoms with Gasteiger partial charge >= 0.3 is 0 Å². The molecule has 0 aliphatic heterocycles. The van der Waals surface area contributed by atoms with Crippen LogP contribution in [0.15, 0.2) is 22.8 Å². The highest BCUT2D eigenvalue weighted by atomic mass is 16.3. The third-order valence-corrected chi connectivity index (χ3v) is 2.18. The minimum absolute atomic E-state index is 0.156. The predicted octanol–water partition coefficient (Wildman–Crippen LogP) is 1.79. The van der Waals surface area contributed by atoms with Crippen molar-refractivity contribution in [2.24, 2.45) is 5.92 Å². The Labute approximate surface area is 89.1 Å². The molecule has 1 rings (SSSR count). The molecule has 0 aliphatic rings. The molecular formula is C11H14N2O2. The number of hydrogen-bond acceptors (Lipinski definition) is 3. The molecule has 1 heterocycles. The predicted molar refractivity (Wildman–Crippen MR) is 54.6 cm³/mol. The highest BCUT2D eigenvalue weighted by Gasteiger charge is 2.19. The monoisotopic (exact) mass is 206 g/mol. The number of furan rings is 1. The van der Waals surface area contributed by atoms with Gasteiger partial charge in [-0.05, 0) is 26.0 Å². The first kappa shape index (κ1) is 11.3. The molecule has 1 amide bonds. The summed E-state index contributed by atoms with van der Waals surface area (Å²) in [5, 5.41) is 8.65. The van der Waals surface area contributed by atoms with Crippen LogP contribution in [0.4, 0.5) is 0 Å². The fraction of sp³-hybridized carbons (Fsp3) is 0.455. The van der Waals surface area contributed by atoms with E-state index in [2.05, 4.69) is 0 Å². The van der Waals surface area contributed by atoms with Crippen LogP contribution in [-0.4, -0.2) is 17.4 Å². The zero-order valence-corrected chi connectivity index (χ0v) is 8.93. The SMILES string of the molecule is CCN(Cc1ccco1)C(=O)C(C)C#N. The summed E-state index contributed by atoms with van der Waals surface area (Å²) in [7, 11) is 0. The number of hydrogen-bond donors (Lipinski definition) is 0. The van der Waals surface area contributed by atoms with Crippen molar-refractivity contribution < 1.29 is 9.21 Å². The Morgan fingerprint density at radius 3 is 2.93 bits per heavy atom. The molecule has 0 aromatic carbocycles. The second-order valence-electron chi connectivity index (χ2n) is 3.28. The van der Waals surface area contributed by atoms with Crippen molar-refractivity contribution in [3.63, 3.8) is 0 Å². The third kappa shape index (κ3) is 2.84. The molecule has 0 N–H and O–H groups in total. The molecule has 0 fully saturated rings. The molecule has 80 valence electrons.